The van der Waals surface area contributed by atoms with Crippen LogP contribution >= 0.6 is 0 Å². The van der Waals surface area contributed by atoms with Crippen molar-refractivity contribution in [2.75, 3.05) is 13.1 Å². The van der Waals surface area contributed by atoms with E-state index in [0.29, 0.717) is 31.3 Å². The monoisotopic (exact) mass is 332 g/mol. The first kappa shape index (κ1) is 14.3. The first-order valence-corrected chi connectivity index (χ1v) is 8.34. The van der Waals surface area contributed by atoms with Gasteiger partial charge in [0.05, 0.1) is 24.2 Å². The molecule has 0 unspecified atom stereocenters. The van der Waals surface area contributed by atoms with Crippen LogP contribution in [0.2, 0.25) is 0 Å². The fourth-order valence-corrected chi connectivity index (χ4v) is 3.58. The van der Waals surface area contributed by atoms with Gasteiger partial charge in [0, 0.05) is 30.3 Å². The van der Waals surface area contributed by atoms with Gasteiger partial charge in [0.1, 0.15) is 11.6 Å². The van der Waals surface area contributed by atoms with Crippen molar-refractivity contribution in [3.63, 3.8) is 0 Å². The van der Waals surface area contributed by atoms with Crippen LogP contribution in [0, 0.1) is 6.92 Å². The molecule has 25 heavy (non-hydrogen) atoms. The molecule has 2 aromatic rings. The maximum atomic E-state index is 12.9. The molecule has 0 N–H and O–H groups in total. The van der Waals surface area contributed by atoms with Gasteiger partial charge in [0.15, 0.2) is 0 Å². The maximum Gasteiger partial charge on any atom is 0.261 e. The lowest BCUT2D eigenvalue weighted by atomic mass is 10.1. The molecule has 0 saturated heterocycles. The van der Waals surface area contributed by atoms with Crippen LogP contribution in [0.4, 0.5) is 0 Å². The van der Waals surface area contributed by atoms with Gasteiger partial charge < -0.3 is 0 Å². The second-order valence-corrected chi connectivity index (χ2v) is 6.29. The molecule has 0 bridgehead atoms. The highest BCUT2D eigenvalue weighted by molar-refractivity contribution is 6.11. The van der Waals surface area contributed by atoms with Gasteiger partial charge in [0.25, 0.3) is 5.91 Å². The predicted molar refractivity (Wildman–Crippen MR) is 94.0 cm³/mol. The molecule has 124 valence electrons. The molecule has 0 aliphatic carbocycles. The minimum absolute atomic E-state index is 0.0428. The van der Waals surface area contributed by atoms with E-state index in [-0.39, 0.29) is 5.91 Å². The molecule has 4 heterocycles. The van der Waals surface area contributed by atoms with Crippen molar-refractivity contribution in [2.45, 2.75) is 19.9 Å². The van der Waals surface area contributed by atoms with Crippen LogP contribution in [0.15, 0.2) is 45.6 Å². The fraction of sp³-hybridized carbons (Fsp3) is 0.278. The Morgan fingerprint density at radius 1 is 1.20 bits per heavy atom. The summed E-state index contributed by atoms with van der Waals surface area (Å²) in [5.74, 6) is 2.01. The van der Waals surface area contributed by atoms with Crippen LogP contribution in [-0.4, -0.2) is 50.9 Å². The van der Waals surface area contributed by atoms with Gasteiger partial charge in [-0.3, -0.25) is 19.6 Å². The predicted octanol–water partition coefficient (Wildman–Crippen LogP) is 1.64. The molecule has 0 radical (unpaired) electrons. The van der Waals surface area contributed by atoms with E-state index in [2.05, 4.69) is 20.0 Å². The Morgan fingerprint density at radius 2 is 2.08 bits per heavy atom. The van der Waals surface area contributed by atoms with Crippen molar-refractivity contribution in [1.82, 2.24) is 19.8 Å². The summed E-state index contributed by atoms with van der Waals surface area (Å²) in [6.45, 7) is 3.71. The minimum Gasteiger partial charge on any atom is -0.294 e. The second-order valence-electron chi connectivity index (χ2n) is 6.29. The van der Waals surface area contributed by atoms with Gasteiger partial charge in [-0.1, -0.05) is 18.2 Å². The zero-order chi connectivity index (χ0) is 17.0. The lowest BCUT2D eigenvalue weighted by Gasteiger charge is -2.33. The summed E-state index contributed by atoms with van der Waals surface area (Å²) in [5.41, 5.74) is 2.54. The van der Waals surface area contributed by atoms with Crippen LogP contribution < -0.4 is 0 Å². The molecule has 3 aliphatic heterocycles. The molecule has 0 saturated carbocycles. The Morgan fingerprint density at radius 3 is 3.00 bits per heavy atom. The summed E-state index contributed by atoms with van der Waals surface area (Å²) in [5, 5.41) is 1.03. The average molecular weight is 332 g/mol. The number of hydrogen-bond acceptors (Lipinski definition) is 6. The molecule has 1 amide bonds. The zero-order valence-corrected chi connectivity index (χ0v) is 13.8. The standard InChI is InChI=1S/C18H16N6O/c1-11-12-4-2-3-5-14(12)22-15(21-11)10-24-17(25)13-6-7-19-16(13)23-9-8-20-18(23)24/h2-5,7H,6,8-10H2,1H3. The van der Waals surface area contributed by atoms with E-state index in [9.17, 15) is 4.79 Å². The highest BCUT2D eigenvalue weighted by atomic mass is 16.2. The highest BCUT2D eigenvalue weighted by Crippen LogP contribution is 2.31. The van der Waals surface area contributed by atoms with Crippen LogP contribution in [0.3, 0.4) is 0 Å². The number of carbonyl (C=O) groups is 1. The second kappa shape index (κ2) is 5.20. The first-order chi connectivity index (χ1) is 12.2. The number of fused-ring (bicyclic) bond motifs is 3. The first-order valence-electron chi connectivity index (χ1n) is 8.34. The summed E-state index contributed by atoms with van der Waals surface area (Å²) in [6.07, 6.45) is 2.37. The number of guanidine groups is 1. The topological polar surface area (TPSA) is 74.1 Å². The van der Waals surface area contributed by atoms with Gasteiger partial charge in [-0.2, -0.15) is 0 Å². The number of carbonyl (C=O) groups excluding carboxylic acids is 1. The molecule has 0 spiro atoms. The van der Waals surface area contributed by atoms with Crippen molar-refractivity contribution in [3.05, 3.63) is 47.2 Å². The van der Waals surface area contributed by atoms with E-state index in [1.54, 1.807) is 11.1 Å². The number of aliphatic imine (C=N–C) groups is 2. The summed E-state index contributed by atoms with van der Waals surface area (Å²) < 4.78 is 0. The molecule has 1 aromatic carbocycles. The van der Waals surface area contributed by atoms with Gasteiger partial charge >= 0.3 is 0 Å². The molecular weight excluding hydrogens is 316 g/mol. The molecule has 5 rings (SSSR count). The molecule has 3 aliphatic rings. The van der Waals surface area contributed by atoms with Crippen molar-refractivity contribution in [2.24, 2.45) is 9.98 Å². The Labute approximate surface area is 144 Å². The average Bonchev–Trinajstić information content (AvgIpc) is 3.27. The largest absolute Gasteiger partial charge is 0.294 e. The van der Waals surface area contributed by atoms with E-state index >= 15 is 0 Å². The lowest BCUT2D eigenvalue weighted by molar-refractivity contribution is -0.125. The van der Waals surface area contributed by atoms with E-state index in [1.807, 2.05) is 36.1 Å². The summed E-state index contributed by atoms with van der Waals surface area (Å²) in [6, 6.07) is 7.92. The smallest absolute Gasteiger partial charge is 0.261 e. The van der Waals surface area contributed by atoms with E-state index in [0.717, 1.165) is 34.5 Å². The molecule has 1 aromatic heterocycles. The molecule has 0 fully saturated rings. The Bertz CT molecular complexity index is 1010. The number of para-hydroxylation sites is 1. The van der Waals surface area contributed by atoms with Gasteiger partial charge in [-0.15, -0.1) is 0 Å². The number of rotatable bonds is 2. The number of aromatic nitrogens is 2. The summed E-state index contributed by atoms with van der Waals surface area (Å²) in [7, 11) is 0. The number of amides is 1. The molecule has 0 atom stereocenters. The third-order valence-corrected chi connectivity index (χ3v) is 4.74. The Hall–Kier alpha value is -3.09. The van der Waals surface area contributed by atoms with Crippen molar-refractivity contribution in [1.29, 1.82) is 0 Å². The van der Waals surface area contributed by atoms with Crippen LogP contribution in [0.5, 0.6) is 0 Å². The maximum absolute atomic E-state index is 12.9. The summed E-state index contributed by atoms with van der Waals surface area (Å²) >= 11 is 0. The van der Waals surface area contributed by atoms with Crippen LogP contribution in [-0.2, 0) is 11.3 Å². The summed E-state index contributed by atoms with van der Waals surface area (Å²) in [4.78, 5) is 34.8. The quantitative estimate of drug-likeness (QED) is 0.838. The Kier molecular flexibility index (Phi) is 2.97. The Balaban J connectivity index is 1.55. The fourth-order valence-electron chi connectivity index (χ4n) is 3.58. The van der Waals surface area contributed by atoms with Crippen molar-refractivity contribution in [3.8, 4) is 0 Å². The lowest BCUT2D eigenvalue weighted by Crippen LogP contribution is -2.49. The van der Waals surface area contributed by atoms with Gasteiger partial charge in [-0.25, -0.2) is 15.0 Å². The molecule has 7 heteroatoms. The molecular formula is C18H16N6O. The highest BCUT2D eigenvalue weighted by Gasteiger charge is 2.40. The number of aryl methyl sites for hydroxylation is 1. The van der Waals surface area contributed by atoms with Crippen molar-refractivity contribution >= 4 is 29.0 Å². The number of hydrogen-bond donors (Lipinski definition) is 0. The van der Waals surface area contributed by atoms with E-state index in [4.69, 9.17) is 0 Å². The van der Waals surface area contributed by atoms with Crippen LogP contribution in [0.1, 0.15) is 17.9 Å². The third kappa shape index (κ3) is 2.08. The third-order valence-electron chi connectivity index (χ3n) is 4.74. The minimum atomic E-state index is -0.0428. The van der Waals surface area contributed by atoms with Gasteiger partial charge in [-0.05, 0) is 13.0 Å². The number of nitrogens with zero attached hydrogens (tertiary/aromatic N) is 6. The van der Waals surface area contributed by atoms with E-state index < -0.39 is 0 Å². The van der Waals surface area contributed by atoms with Gasteiger partial charge in [0.2, 0.25) is 5.96 Å². The van der Waals surface area contributed by atoms with Crippen molar-refractivity contribution < 1.29 is 4.79 Å². The molecule has 7 nitrogen and oxygen atoms in total. The van der Waals surface area contributed by atoms with E-state index in [1.165, 1.54) is 0 Å². The van der Waals surface area contributed by atoms with Crippen LogP contribution in [0.25, 0.3) is 10.9 Å². The zero-order valence-electron chi connectivity index (χ0n) is 13.8. The number of benzene rings is 1. The normalized spacial score (nSPS) is 18.9. The SMILES string of the molecule is Cc1nc(CN2C(=O)C3=C(N=CC3)N3CCN=C23)nc2ccccc12.